The molecule has 0 aromatic carbocycles. The molecule has 0 saturated heterocycles. The third-order valence-corrected chi connectivity index (χ3v) is 3.58. The van der Waals surface area contributed by atoms with Gasteiger partial charge in [-0.2, -0.15) is 8.42 Å². The molecule has 1 heterocycles. The Morgan fingerprint density at radius 2 is 2.00 bits per heavy atom. The van der Waals surface area contributed by atoms with Crippen LogP contribution in [0.4, 0.5) is 4.79 Å². The summed E-state index contributed by atoms with van der Waals surface area (Å²) in [4.78, 5) is 13.7. The van der Waals surface area contributed by atoms with Gasteiger partial charge in [0.25, 0.3) is 10.1 Å². The largest absolute Gasteiger partial charge is 0.467 e. The van der Waals surface area contributed by atoms with E-state index in [4.69, 9.17) is 13.3 Å². The molecule has 0 aliphatic heterocycles. The number of hydrogen-bond acceptors (Lipinski definition) is 6. The molecule has 0 spiro atoms. The van der Waals surface area contributed by atoms with Crippen molar-refractivity contribution in [2.75, 3.05) is 19.9 Å². The fourth-order valence-corrected chi connectivity index (χ4v) is 2.54. The van der Waals surface area contributed by atoms with Gasteiger partial charge in [0.1, 0.15) is 11.4 Å². The van der Waals surface area contributed by atoms with Gasteiger partial charge < -0.3 is 14.1 Å². The zero-order chi connectivity index (χ0) is 17.8. The number of rotatable bonds is 6. The van der Waals surface area contributed by atoms with Crippen molar-refractivity contribution in [3.05, 3.63) is 24.2 Å². The maximum Gasteiger partial charge on any atom is 0.410 e. The lowest BCUT2D eigenvalue weighted by Crippen LogP contribution is -2.39. The number of carbonyl (C=O) groups is 1. The SMILES string of the molecule is CC(COS(C)(=O)=O)[C@@H](c1ccco1)N(C)C(=O)OC(C)(C)C. The van der Waals surface area contributed by atoms with Gasteiger partial charge in [-0.05, 0) is 32.9 Å². The van der Waals surface area contributed by atoms with E-state index in [-0.39, 0.29) is 12.5 Å². The van der Waals surface area contributed by atoms with Crippen molar-refractivity contribution in [3.8, 4) is 0 Å². The molecule has 1 rings (SSSR count). The van der Waals surface area contributed by atoms with Gasteiger partial charge >= 0.3 is 6.09 Å². The highest BCUT2D eigenvalue weighted by molar-refractivity contribution is 7.85. The van der Waals surface area contributed by atoms with Crippen LogP contribution < -0.4 is 0 Å². The van der Waals surface area contributed by atoms with Gasteiger partial charge in [0.15, 0.2) is 0 Å². The molecule has 1 aromatic heterocycles. The highest BCUT2D eigenvalue weighted by Crippen LogP contribution is 2.30. The second-order valence-electron chi connectivity index (χ2n) is 6.52. The van der Waals surface area contributed by atoms with E-state index in [1.54, 1.807) is 46.9 Å². The van der Waals surface area contributed by atoms with Gasteiger partial charge in [-0.3, -0.25) is 4.18 Å². The summed E-state index contributed by atoms with van der Waals surface area (Å²) in [5.41, 5.74) is -0.633. The van der Waals surface area contributed by atoms with Crippen LogP contribution >= 0.6 is 0 Å². The number of nitrogens with zero attached hydrogens (tertiary/aromatic N) is 1. The Kier molecular flexibility index (Phi) is 6.24. The molecule has 0 saturated carbocycles. The van der Waals surface area contributed by atoms with Crippen molar-refractivity contribution in [3.63, 3.8) is 0 Å². The molecule has 1 aromatic rings. The zero-order valence-corrected chi connectivity index (χ0v) is 15.2. The lowest BCUT2D eigenvalue weighted by atomic mass is 9.99. The number of carbonyl (C=O) groups excluding carboxylic acids is 1. The molecule has 0 bridgehead atoms. The molecule has 2 atom stereocenters. The molecule has 0 radical (unpaired) electrons. The van der Waals surface area contributed by atoms with Crippen LogP contribution in [-0.4, -0.2) is 44.9 Å². The summed E-state index contributed by atoms with van der Waals surface area (Å²) in [6, 6.07) is 2.92. The van der Waals surface area contributed by atoms with E-state index in [1.165, 1.54) is 11.2 Å². The topological polar surface area (TPSA) is 86.1 Å². The Bertz CT molecular complexity index is 602. The molecule has 132 valence electrons. The summed E-state index contributed by atoms with van der Waals surface area (Å²) in [5, 5.41) is 0. The molecule has 0 fully saturated rings. The molecule has 23 heavy (non-hydrogen) atoms. The van der Waals surface area contributed by atoms with Crippen LogP contribution in [0.15, 0.2) is 22.8 Å². The Labute approximate surface area is 137 Å². The van der Waals surface area contributed by atoms with E-state index in [1.807, 2.05) is 0 Å². The van der Waals surface area contributed by atoms with Gasteiger partial charge in [-0.15, -0.1) is 0 Å². The first kappa shape index (κ1) is 19.5. The van der Waals surface area contributed by atoms with Gasteiger partial charge in [0.05, 0.1) is 25.2 Å². The Balaban J connectivity index is 2.95. The second-order valence-corrected chi connectivity index (χ2v) is 8.16. The number of hydrogen-bond donors (Lipinski definition) is 0. The van der Waals surface area contributed by atoms with Crippen molar-refractivity contribution in [2.45, 2.75) is 39.3 Å². The average Bonchev–Trinajstić information content (AvgIpc) is 2.87. The molecular weight excluding hydrogens is 322 g/mol. The molecule has 1 unspecified atom stereocenters. The summed E-state index contributed by atoms with van der Waals surface area (Å²) < 4.78 is 38.0. The molecule has 7 nitrogen and oxygen atoms in total. The zero-order valence-electron chi connectivity index (χ0n) is 14.4. The van der Waals surface area contributed by atoms with Crippen molar-refractivity contribution >= 4 is 16.2 Å². The van der Waals surface area contributed by atoms with Crippen molar-refractivity contribution in [1.29, 1.82) is 0 Å². The Hall–Kier alpha value is -1.54. The molecule has 8 heteroatoms. The maximum absolute atomic E-state index is 12.3. The van der Waals surface area contributed by atoms with E-state index in [9.17, 15) is 13.2 Å². The molecular formula is C15H25NO6S. The molecule has 0 aliphatic rings. The van der Waals surface area contributed by atoms with Crippen molar-refractivity contribution in [2.24, 2.45) is 5.92 Å². The number of furan rings is 1. The highest BCUT2D eigenvalue weighted by atomic mass is 32.2. The first-order valence-corrected chi connectivity index (χ1v) is 9.06. The quantitative estimate of drug-likeness (QED) is 0.736. The maximum atomic E-state index is 12.3. The van der Waals surface area contributed by atoms with E-state index >= 15 is 0 Å². The number of ether oxygens (including phenoxy) is 1. The molecule has 0 N–H and O–H groups in total. The smallest absolute Gasteiger partial charge is 0.410 e. The summed E-state index contributed by atoms with van der Waals surface area (Å²) in [6.45, 7) is 7.03. The van der Waals surface area contributed by atoms with Gasteiger partial charge in [-0.25, -0.2) is 4.79 Å². The van der Waals surface area contributed by atoms with Crippen LogP contribution in [-0.2, 0) is 19.0 Å². The minimum absolute atomic E-state index is 0.0721. The van der Waals surface area contributed by atoms with Crippen LogP contribution in [0.1, 0.15) is 39.5 Å². The van der Waals surface area contributed by atoms with Gasteiger partial charge in [0, 0.05) is 13.0 Å². The Morgan fingerprint density at radius 3 is 2.43 bits per heavy atom. The summed E-state index contributed by atoms with van der Waals surface area (Å²) in [6.07, 6.45) is 1.96. The van der Waals surface area contributed by atoms with Gasteiger partial charge in [-0.1, -0.05) is 6.92 Å². The first-order valence-electron chi connectivity index (χ1n) is 7.24. The Morgan fingerprint density at radius 1 is 1.39 bits per heavy atom. The first-order chi connectivity index (χ1) is 10.4. The van der Waals surface area contributed by atoms with Crippen LogP contribution in [0, 0.1) is 5.92 Å². The predicted molar refractivity (Wildman–Crippen MR) is 85.4 cm³/mol. The standard InChI is InChI=1S/C15H25NO6S/c1-11(10-21-23(6,18)19)13(12-8-7-9-20-12)16(5)14(17)22-15(2,3)4/h7-9,11,13H,10H2,1-6H3/t11?,13-/m0/s1. The van der Waals surface area contributed by atoms with Gasteiger partial charge in [0.2, 0.25) is 0 Å². The average molecular weight is 347 g/mol. The van der Waals surface area contributed by atoms with E-state index in [0.29, 0.717) is 5.76 Å². The molecule has 0 aliphatic carbocycles. The monoisotopic (exact) mass is 347 g/mol. The third kappa shape index (κ3) is 6.62. The summed E-state index contributed by atoms with van der Waals surface area (Å²) >= 11 is 0. The number of amides is 1. The van der Waals surface area contributed by atoms with E-state index < -0.39 is 27.9 Å². The van der Waals surface area contributed by atoms with Crippen LogP contribution in [0.2, 0.25) is 0 Å². The van der Waals surface area contributed by atoms with Crippen molar-refractivity contribution in [1.82, 2.24) is 4.90 Å². The van der Waals surface area contributed by atoms with Crippen molar-refractivity contribution < 1.29 is 26.5 Å². The van der Waals surface area contributed by atoms with E-state index in [0.717, 1.165) is 6.26 Å². The molecule has 1 amide bonds. The minimum atomic E-state index is -3.56. The second kappa shape index (κ2) is 7.35. The third-order valence-electron chi connectivity index (χ3n) is 3.02. The summed E-state index contributed by atoms with van der Waals surface area (Å²) in [7, 11) is -1.98. The van der Waals surface area contributed by atoms with Crippen LogP contribution in [0.5, 0.6) is 0 Å². The predicted octanol–water partition coefficient (Wildman–Crippen LogP) is 2.80. The fraction of sp³-hybridized carbons (Fsp3) is 0.667. The fourth-order valence-electron chi connectivity index (χ4n) is 2.08. The van der Waals surface area contributed by atoms with Crippen LogP contribution in [0.25, 0.3) is 0 Å². The highest BCUT2D eigenvalue weighted by Gasteiger charge is 2.32. The normalized spacial score (nSPS) is 15.0. The minimum Gasteiger partial charge on any atom is -0.467 e. The summed E-state index contributed by atoms with van der Waals surface area (Å²) in [5.74, 6) is 0.205. The lowest BCUT2D eigenvalue weighted by Gasteiger charge is -2.32. The van der Waals surface area contributed by atoms with E-state index in [2.05, 4.69) is 0 Å². The van der Waals surface area contributed by atoms with Crippen LogP contribution in [0.3, 0.4) is 0 Å². The lowest BCUT2D eigenvalue weighted by molar-refractivity contribution is 0.0115.